The highest BCUT2D eigenvalue weighted by molar-refractivity contribution is 8.15. The Morgan fingerprint density at radius 1 is 1.00 bits per heavy atom. The van der Waals surface area contributed by atoms with Gasteiger partial charge in [0.25, 0.3) is 5.24 Å². The number of imide groups is 1. The molecule has 2 aromatic rings. The molecule has 1 saturated heterocycles. The zero-order chi connectivity index (χ0) is 22.4. The second kappa shape index (κ2) is 14.6. The summed E-state index contributed by atoms with van der Waals surface area (Å²) in [6.07, 6.45) is 3.06. The highest BCUT2D eigenvalue weighted by Gasteiger charge is 2.31. The summed E-state index contributed by atoms with van der Waals surface area (Å²) in [5.74, 6) is 0.550. The van der Waals surface area contributed by atoms with Gasteiger partial charge in [0.15, 0.2) is 0 Å². The second-order valence-electron chi connectivity index (χ2n) is 5.92. The molecule has 1 N–H and O–H groups in total. The second-order valence-corrected chi connectivity index (χ2v) is 7.10. The lowest BCUT2D eigenvalue weighted by Crippen LogP contribution is -2.25. The number of carbonyl (C=O) groups is 2. The van der Waals surface area contributed by atoms with Crippen molar-refractivity contribution in [2.45, 2.75) is 52.4 Å². The molecule has 1 fully saturated rings. The normalized spacial score (nSPS) is 14.8. The lowest BCUT2D eigenvalue weighted by molar-refractivity contribution is -0.118. The van der Waals surface area contributed by atoms with Crippen molar-refractivity contribution in [3.05, 3.63) is 59.4 Å². The number of methoxy groups -OCH3 is 1. The first-order valence-corrected chi connectivity index (χ1v) is 11.2. The van der Waals surface area contributed by atoms with Crippen LogP contribution >= 0.6 is 11.8 Å². The Labute approximate surface area is 183 Å². The van der Waals surface area contributed by atoms with E-state index in [0.29, 0.717) is 19.6 Å². The summed E-state index contributed by atoms with van der Waals surface area (Å²) in [6, 6.07) is 11.6. The summed E-state index contributed by atoms with van der Waals surface area (Å²) in [6.45, 7) is 9.09. The van der Waals surface area contributed by atoms with Crippen LogP contribution in [-0.4, -0.2) is 35.1 Å². The minimum atomic E-state index is -0.346. The highest BCUT2D eigenvalue weighted by Crippen LogP contribution is 2.23. The van der Waals surface area contributed by atoms with Gasteiger partial charge < -0.3 is 9.47 Å². The lowest BCUT2D eigenvalue weighted by Gasteiger charge is -2.09. The minimum Gasteiger partial charge on any atom is -0.493 e. The SMILES string of the molecule is CC.CC.COCc1ccc(CCOc2ccc(CC3SC(=O)NC3=O)cc2)nc1. The third-order valence-electron chi connectivity index (χ3n) is 3.94. The first-order valence-electron chi connectivity index (χ1n) is 10.3. The van der Waals surface area contributed by atoms with Gasteiger partial charge in [-0.2, -0.15) is 0 Å². The van der Waals surface area contributed by atoms with Crippen LogP contribution in [0.3, 0.4) is 0 Å². The van der Waals surface area contributed by atoms with E-state index in [9.17, 15) is 9.59 Å². The summed E-state index contributed by atoms with van der Waals surface area (Å²) < 4.78 is 10.8. The van der Waals surface area contributed by atoms with Crippen LogP contribution in [0.1, 0.15) is 44.5 Å². The summed E-state index contributed by atoms with van der Waals surface area (Å²) in [7, 11) is 1.66. The molecule has 0 radical (unpaired) electrons. The molecule has 1 aromatic carbocycles. The van der Waals surface area contributed by atoms with Crippen molar-refractivity contribution in [2.75, 3.05) is 13.7 Å². The van der Waals surface area contributed by atoms with Crippen molar-refractivity contribution < 1.29 is 19.1 Å². The van der Waals surface area contributed by atoms with E-state index in [1.165, 1.54) is 0 Å². The Morgan fingerprint density at radius 2 is 1.67 bits per heavy atom. The number of carbonyl (C=O) groups excluding carboxylic acids is 2. The molecule has 2 heterocycles. The smallest absolute Gasteiger partial charge is 0.286 e. The molecular weight excluding hydrogens is 400 g/mol. The molecule has 1 aromatic heterocycles. The van der Waals surface area contributed by atoms with Gasteiger partial charge in [-0.05, 0) is 35.7 Å². The van der Waals surface area contributed by atoms with Crippen molar-refractivity contribution in [2.24, 2.45) is 0 Å². The average Bonchev–Trinajstić information content (AvgIpc) is 3.10. The van der Waals surface area contributed by atoms with Crippen molar-refractivity contribution in [3.8, 4) is 5.75 Å². The van der Waals surface area contributed by atoms with Gasteiger partial charge in [-0.1, -0.05) is 57.7 Å². The Balaban J connectivity index is 0.00000106. The number of hydrogen-bond donors (Lipinski definition) is 1. The van der Waals surface area contributed by atoms with E-state index in [2.05, 4.69) is 10.3 Å². The fourth-order valence-electron chi connectivity index (χ4n) is 2.59. The number of amides is 2. The van der Waals surface area contributed by atoms with Gasteiger partial charge in [-0.15, -0.1) is 0 Å². The Bertz CT molecular complexity index is 764. The predicted molar refractivity (Wildman–Crippen MR) is 122 cm³/mol. The van der Waals surface area contributed by atoms with E-state index in [-0.39, 0.29) is 16.4 Å². The van der Waals surface area contributed by atoms with Crippen molar-refractivity contribution in [1.29, 1.82) is 0 Å². The molecule has 30 heavy (non-hydrogen) atoms. The number of pyridine rings is 1. The molecule has 0 saturated carbocycles. The lowest BCUT2D eigenvalue weighted by atomic mass is 10.1. The molecule has 0 spiro atoms. The molecular formula is C23H32N2O4S. The van der Waals surface area contributed by atoms with Gasteiger partial charge in [-0.3, -0.25) is 19.9 Å². The van der Waals surface area contributed by atoms with Gasteiger partial charge in [0, 0.05) is 25.4 Å². The monoisotopic (exact) mass is 432 g/mol. The Kier molecular flexibility index (Phi) is 12.5. The maximum Gasteiger partial charge on any atom is 0.286 e. The molecule has 7 heteroatoms. The average molecular weight is 433 g/mol. The van der Waals surface area contributed by atoms with E-state index < -0.39 is 0 Å². The maximum absolute atomic E-state index is 11.6. The van der Waals surface area contributed by atoms with Crippen LogP contribution < -0.4 is 10.1 Å². The minimum absolute atomic E-state index is 0.218. The molecule has 1 unspecified atom stereocenters. The first kappa shape index (κ1) is 25.7. The van der Waals surface area contributed by atoms with Crippen LogP contribution in [0.2, 0.25) is 0 Å². The van der Waals surface area contributed by atoms with E-state index in [0.717, 1.165) is 40.8 Å². The summed E-state index contributed by atoms with van der Waals surface area (Å²) in [5.41, 5.74) is 3.01. The zero-order valence-corrected chi connectivity index (χ0v) is 19.3. The molecule has 6 nitrogen and oxygen atoms in total. The van der Waals surface area contributed by atoms with E-state index in [1.807, 2.05) is 70.3 Å². The van der Waals surface area contributed by atoms with Crippen LogP contribution in [0.5, 0.6) is 5.75 Å². The largest absolute Gasteiger partial charge is 0.493 e. The number of hydrogen-bond acceptors (Lipinski definition) is 6. The van der Waals surface area contributed by atoms with Crippen LogP contribution in [0.15, 0.2) is 42.6 Å². The Hall–Kier alpha value is -2.38. The van der Waals surface area contributed by atoms with Crippen LogP contribution in [0, 0.1) is 0 Å². The molecule has 0 aliphatic carbocycles. The van der Waals surface area contributed by atoms with Gasteiger partial charge >= 0.3 is 0 Å². The van der Waals surface area contributed by atoms with Gasteiger partial charge in [-0.25, -0.2) is 0 Å². The summed E-state index contributed by atoms with van der Waals surface area (Å²) in [5, 5.41) is 1.68. The summed E-state index contributed by atoms with van der Waals surface area (Å²) in [4.78, 5) is 27.2. The van der Waals surface area contributed by atoms with Gasteiger partial charge in [0.05, 0.1) is 18.5 Å². The highest BCUT2D eigenvalue weighted by atomic mass is 32.2. The van der Waals surface area contributed by atoms with Crippen molar-refractivity contribution in [3.63, 3.8) is 0 Å². The number of benzene rings is 1. The Morgan fingerprint density at radius 3 is 2.20 bits per heavy atom. The molecule has 164 valence electrons. The molecule has 0 bridgehead atoms. The number of nitrogens with zero attached hydrogens (tertiary/aromatic N) is 1. The number of thioether (sulfide) groups is 1. The van der Waals surface area contributed by atoms with Crippen molar-refractivity contribution >= 4 is 22.9 Å². The van der Waals surface area contributed by atoms with E-state index in [4.69, 9.17) is 9.47 Å². The number of ether oxygens (including phenoxy) is 2. The number of nitrogens with one attached hydrogen (secondary N) is 1. The van der Waals surface area contributed by atoms with Crippen molar-refractivity contribution in [1.82, 2.24) is 10.3 Å². The molecule has 1 aliphatic heterocycles. The fraction of sp³-hybridized carbons (Fsp3) is 0.435. The van der Waals surface area contributed by atoms with E-state index >= 15 is 0 Å². The maximum atomic E-state index is 11.6. The fourth-order valence-corrected chi connectivity index (χ4v) is 3.45. The molecule has 2 amide bonds. The topological polar surface area (TPSA) is 77.5 Å². The van der Waals surface area contributed by atoms with Gasteiger partial charge in [0.2, 0.25) is 5.91 Å². The number of aromatic nitrogens is 1. The molecule has 1 atom stereocenters. The predicted octanol–water partition coefficient (Wildman–Crippen LogP) is 4.80. The van der Waals surface area contributed by atoms with Crippen LogP contribution in [0.25, 0.3) is 0 Å². The van der Waals surface area contributed by atoms with Crippen LogP contribution in [0.4, 0.5) is 4.79 Å². The third kappa shape index (κ3) is 8.55. The zero-order valence-electron chi connectivity index (χ0n) is 18.4. The van der Waals surface area contributed by atoms with E-state index in [1.54, 1.807) is 7.11 Å². The van der Waals surface area contributed by atoms with Crippen LogP contribution in [-0.2, 0) is 29.0 Å². The van der Waals surface area contributed by atoms with Gasteiger partial charge in [0.1, 0.15) is 5.75 Å². The summed E-state index contributed by atoms with van der Waals surface area (Å²) >= 11 is 1.04. The number of rotatable bonds is 8. The third-order valence-corrected chi connectivity index (χ3v) is 4.92. The molecule has 1 aliphatic rings. The standard InChI is InChI=1S/C19H20N2O4S.2C2H6/c1-24-12-14-2-5-15(20-11-14)8-9-25-16-6-3-13(4-7-16)10-17-18(22)21-19(23)26-17;2*1-2/h2-7,11,17H,8-10,12H2,1H3,(H,21,22,23);2*1-2H3. The quantitative estimate of drug-likeness (QED) is 0.646. The molecule has 3 rings (SSSR count). The first-order chi connectivity index (χ1) is 14.6.